The van der Waals surface area contributed by atoms with Crippen LogP contribution in [-0.2, 0) is 11.3 Å². The van der Waals surface area contributed by atoms with E-state index in [-0.39, 0.29) is 11.7 Å². The summed E-state index contributed by atoms with van der Waals surface area (Å²) in [6, 6.07) is 6.30. The predicted molar refractivity (Wildman–Crippen MR) is 92.3 cm³/mol. The summed E-state index contributed by atoms with van der Waals surface area (Å²) in [6.07, 6.45) is 2.06. The molecule has 0 aliphatic heterocycles. The quantitative estimate of drug-likeness (QED) is 0.534. The van der Waals surface area contributed by atoms with Gasteiger partial charge in [0.15, 0.2) is 4.34 Å². The minimum atomic E-state index is -0.249. The standard InChI is InChI=1S/C15H19FN4OS2/c1-2-3-8-17-13(21)10-22-15-20-19-14(23-15)18-9-11-4-6-12(16)7-5-11/h4-7H,2-3,8-10H2,1H3,(H,17,21)(H,18,19). The Kier molecular flexibility index (Phi) is 7.28. The molecule has 5 nitrogen and oxygen atoms in total. The van der Waals surface area contributed by atoms with Gasteiger partial charge in [0.2, 0.25) is 11.0 Å². The summed E-state index contributed by atoms with van der Waals surface area (Å²) in [5, 5.41) is 14.8. The first kappa shape index (κ1) is 17.7. The van der Waals surface area contributed by atoms with E-state index in [1.54, 1.807) is 12.1 Å². The molecule has 1 aromatic heterocycles. The Balaban J connectivity index is 1.72. The molecule has 0 bridgehead atoms. The summed E-state index contributed by atoms with van der Waals surface area (Å²) in [6.45, 7) is 3.36. The maximum absolute atomic E-state index is 12.8. The van der Waals surface area contributed by atoms with E-state index in [0.29, 0.717) is 17.4 Å². The summed E-state index contributed by atoms with van der Waals surface area (Å²) >= 11 is 2.78. The number of thioether (sulfide) groups is 1. The first-order valence-electron chi connectivity index (χ1n) is 7.38. The van der Waals surface area contributed by atoms with Gasteiger partial charge in [-0.2, -0.15) is 0 Å². The van der Waals surface area contributed by atoms with Crippen molar-refractivity contribution in [1.82, 2.24) is 15.5 Å². The minimum absolute atomic E-state index is 0.0134. The molecule has 23 heavy (non-hydrogen) atoms. The largest absolute Gasteiger partial charge is 0.356 e. The van der Waals surface area contributed by atoms with Crippen molar-refractivity contribution in [3.63, 3.8) is 0 Å². The van der Waals surface area contributed by atoms with E-state index in [1.807, 2.05) is 0 Å². The van der Waals surface area contributed by atoms with Crippen LogP contribution in [0.25, 0.3) is 0 Å². The molecule has 0 fully saturated rings. The summed E-state index contributed by atoms with van der Waals surface area (Å²) in [4.78, 5) is 11.6. The zero-order valence-corrected chi connectivity index (χ0v) is 14.5. The number of halogens is 1. The Hall–Kier alpha value is -1.67. The Morgan fingerprint density at radius 3 is 2.83 bits per heavy atom. The molecule has 0 atom stereocenters. The van der Waals surface area contributed by atoms with E-state index in [9.17, 15) is 9.18 Å². The monoisotopic (exact) mass is 354 g/mol. The van der Waals surface area contributed by atoms with Gasteiger partial charge in [0.25, 0.3) is 0 Å². The van der Waals surface area contributed by atoms with Crippen LogP contribution in [0.15, 0.2) is 28.6 Å². The fourth-order valence-electron chi connectivity index (χ4n) is 1.70. The predicted octanol–water partition coefficient (Wildman–Crippen LogP) is 3.30. The number of hydrogen-bond donors (Lipinski definition) is 2. The molecule has 2 rings (SSSR count). The van der Waals surface area contributed by atoms with Gasteiger partial charge in [-0.05, 0) is 24.1 Å². The molecule has 0 unspecified atom stereocenters. The number of aromatic nitrogens is 2. The number of nitrogens with zero attached hydrogens (tertiary/aromatic N) is 2. The van der Waals surface area contributed by atoms with Crippen LogP contribution in [0.1, 0.15) is 25.3 Å². The molecule has 2 N–H and O–H groups in total. The Bertz CT molecular complexity index is 618. The molecule has 0 aliphatic rings. The molecule has 0 spiro atoms. The summed E-state index contributed by atoms with van der Waals surface area (Å²) < 4.78 is 13.6. The van der Waals surface area contributed by atoms with Crippen molar-refractivity contribution >= 4 is 34.1 Å². The van der Waals surface area contributed by atoms with E-state index >= 15 is 0 Å². The van der Waals surface area contributed by atoms with E-state index in [2.05, 4.69) is 27.8 Å². The number of carbonyl (C=O) groups is 1. The molecule has 0 radical (unpaired) electrons. The van der Waals surface area contributed by atoms with Crippen LogP contribution in [0.5, 0.6) is 0 Å². The van der Waals surface area contributed by atoms with Gasteiger partial charge >= 0.3 is 0 Å². The minimum Gasteiger partial charge on any atom is -0.356 e. The fourth-order valence-corrected chi connectivity index (χ4v) is 3.28. The summed E-state index contributed by atoms with van der Waals surface area (Å²) in [5.74, 6) is 0.107. The summed E-state index contributed by atoms with van der Waals surface area (Å²) in [7, 11) is 0. The van der Waals surface area contributed by atoms with E-state index in [4.69, 9.17) is 0 Å². The van der Waals surface area contributed by atoms with Crippen LogP contribution < -0.4 is 10.6 Å². The third-order valence-corrected chi connectivity index (χ3v) is 4.96. The first-order valence-corrected chi connectivity index (χ1v) is 9.19. The lowest BCUT2D eigenvalue weighted by Crippen LogP contribution is -2.25. The number of hydrogen-bond acceptors (Lipinski definition) is 6. The average molecular weight is 354 g/mol. The number of benzene rings is 1. The van der Waals surface area contributed by atoms with Crippen molar-refractivity contribution in [2.75, 3.05) is 17.6 Å². The molecule has 1 amide bonds. The Morgan fingerprint density at radius 1 is 1.30 bits per heavy atom. The molecule has 0 saturated carbocycles. The highest BCUT2D eigenvalue weighted by Gasteiger charge is 2.08. The van der Waals surface area contributed by atoms with Gasteiger partial charge in [0, 0.05) is 13.1 Å². The van der Waals surface area contributed by atoms with Crippen molar-refractivity contribution in [1.29, 1.82) is 0 Å². The molecule has 124 valence electrons. The highest BCUT2D eigenvalue weighted by atomic mass is 32.2. The van der Waals surface area contributed by atoms with Gasteiger partial charge in [-0.25, -0.2) is 4.39 Å². The van der Waals surface area contributed by atoms with Crippen LogP contribution in [0.3, 0.4) is 0 Å². The fraction of sp³-hybridized carbons (Fsp3) is 0.400. The number of anilines is 1. The van der Waals surface area contributed by atoms with Gasteiger partial charge in [-0.15, -0.1) is 10.2 Å². The molecule has 0 saturated heterocycles. The van der Waals surface area contributed by atoms with Crippen LogP contribution in [0, 0.1) is 5.82 Å². The molecule has 0 aliphatic carbocycles. The zero-order chi connectivity index (χ0) is 16.5. The number of nitrogens with one attached hydrogen (secondary N) is 2. The van der Waals surface area contributed by atoms with Crippen LogP contribution >= 0.6 is 23.1 Å². The molecular weight excluding hydrogens is 335 g/mol. The Labute approximate surface area is 143 Å². The second-order valence-electron chi connectivity index (χ2n) is 4.85. The smallest absolute Gasteiger partial charge is 0.230 e. The van der Waals surface area contributed by atoms with E-state index in [0.717, 1.165) is 29.3 Å². The maximum atomic E-state index is 12.8. The van der Waals surface area contributed by atoms with Crippen molar-refractivity contribution in [2.45, 2.75) is 30.6 Å². The number of rotatable bonds is 9. The normalized spacial score (nSPS) is 10.5. The van der Waals surface area contributed by atoms with Crippen molar-refractivity contribution < 1.29 is 9.18 Å². The molecule has 1 aromatic carbocycles. The summed E-state index contributed by atoms with van der Waals surface area (Å²) in [5.41, 5.74) is 0.964. The van der Waals surface area contributed by atoms with Crippen LogP contribution in [0.4, 0.5) is 9.52 Å². The average Bonchev–Trinajstić information content (AvgIpc) is 3.01. The number of amides is 1. The van der Waals surface area contributed by atoms with Gasteiger partial charge in [0.05, 0.1) is 5.75 Å². The van der Waals surface area contributed by atoms with Gasteiger partial charge < -0.3 is 10.6 Å². The molecule has 1 heterocycles. The third-order valence-electron chi connectivity index (χ3n) is 2.94. The van der Waals surface area contributed by atoms with Crippen molar-refractivity contribution in [3.05, 3.63) is 35.6 Å². The lowest BCUT2D eigenvalue weighted by atomic mass is 10.2. The lowest BCUT2D eigenvalue weighted by Gasteiger charge is -2.02. The lowest BCUT2D eigenvalue weighted by molar-refractivity contribution is -0.118. The van der Waals surface area contributed by atoms with Gasteiger partial charge in [-0.1, -0.05) is 48.6 Å². The van der Waals surface area contributed by atoms with Gasteiger partial charge in [0.1, 0.15) is 5.82 Å². The zero-order valence-electron chi connectivity index (χ0n) is 12.8. The van der Waals surface area contributed by atoms with Crippen LogP contribution in [-0.4, -0.2) is 28.4 Å². The molecule has 2 aromatic rings. The highest BCUT2D eigenvalue weighted by molar-refractivity contribution is 8.01. The third kappa shape index (κ3) is 6.54. The molecule has 8 heteroatoms. The first-order chi connectivity index (χ1) is 11.2. The second kappa shape index (κ2) is 9.46. The number of carbonyl (C=O) groups excluding carboxylic acids is 1. The SMILES string of the molecule is CCCCNC(=O)CSc1nnc(NCc2ccc(F)cc2)s1. The maximum Gasteiger partial charge on any atom is 0.230 e. The van der Waals surface area contributed by atoms with Gasteiger partial charge in [-0.3, -0.25) is 4.79 Å². The highest BCUT2D eigenvalue weighted by Crippen LogP contribution is 2.25. The van der Waals surface area contributed by atoms with Crippen LogP contribution in [0.2, 0.25) is 0 Å². The van der Waals surface area contributed by atoms with Crippen molar-refractivity contribution in [2.24, 2.45) is 0 Å². The second-order valence-corrected chi connectivity index (χ2v) is 7.05. The van der Waals surface area contributed by atoms with E-state index < -0.39 is 0 Å². The topological polar surface area (TPSA) is 66.9 Å². The Morgan fingerprint density at radius 2 is 2.09 bits per heavy atom. The van der Waals surface area contributed by atoms with E-state index in [1.165, 1.54) is 35.2 Å². The number of unbranched alkanes of at least 4 members (excludes halogenated alkanes) is 1. The molecular formula is C15H19FN4OS2. The van der Waals surface area contributed by atoms with Crippen molar-refractivity contribution in [3.8, 4) is 0 Å².